The van der Waals surface area contributed by atoms with Crippen molar-refractivity contribution in [1.29, 1.82) is 0 Å². The Morgan fingerprint density at radius 2 is 1.95 bits per heavy atom. The van der Waals surface area contributed by atoms with Crippen LogP contribution in [-0.2, 0) is 14.6 Å². The Balaban J connectivity index is 2.70. The molecule has 116 valence electrons. The van der Waals surface area contributed by atoms with Crippen molar-refractivity contribution in [2.24, 2.45) is 0 Å². The van der Waals surface area contributed by atoms with E-state index in [0.29, 0.717) is 6.42 Å². The number of sulfone groups is 1. The quantitative estimate of drug-likeness (QED) is 0.687. The van der Waals surface area contributed by atoms with Gasteiger partial charge in [-0.1, -0.05) is 6.07 Å². The van der Waals surface area contributed by atoms with Gasteiger partial charge in [-0.3, -0.25) is 4.79 Å². The van der Waals surface area contributed by atoms with Gasteiger partial charge in [-0.15, -0.1) is 0 Å². The van der Waals surface area contributed by atoms with Crippen molar-refractivity contribution in [3.05, 3.63) is 23.8 Å². The Bertz CT molecular complexity index is 640. The summed E-state index contributed by atoms with van der Waals surface area (Å²) in [6.07, 6.45) is 1.33. The van der Waals surface area contributed by atoms with Crippen LogP contribution < -0.4 is 10.6 Å². The molecule has 0 bridgehead atoms. The number of carbonyl (C=O) groups is 2. The molecule has 8 heteroatoms. The van der Waals surface area contributed by atoms with Crippen LogP contribution in [0.2, 0.25) is 0 Å². The lowest BCUT2D eigenvalue weighted by Crippen LogP contribution is -2.30. The lowest BCUT2D eigenvalue weighted by molar-refractivity contribution is -0.137. The standard InChI is InChI=1S/C13H18N2O5S/c1-9-5-6-10(11(8-9)21(2,19)20)15-13(18)14-7-3-4-12(16)17/h5-6,8H,3-4,7H2,1-2H3,(H,16,17)(H2,14,15,18). The van der Waals surface area contributed by atoms with E-state index in [9.17, 15) is 18.0 Å². The lowest BCUT2D eigenvalue weighted by Gasteiger charge is -2.11. The summed E-state index contributed by atoms with van der Waals surface area (Å²) >= 11 is 0. The molecule has 0 heterocycles. The summed E-state index contributed by atoms with van der Waals surface area (Å²) < 4.78 is 23.4. The van der Waals surface area contributed by atoms with E-state index in [2.05, 4.69) is 10.6 Å². The number of urea groups is 1. The maximum atomic E-state index is 11.7. The summed E-state index contributed by atoms with van der Waals surface area (Å²) in [5.74, 6) is -0.935. The number of aryl methyl sites for hydroxylation is 1. The largest absolute Gasteiger partial charge is 0.481 e. The number of carboxylic acid groups (broad SMARTS) is 1. The van der Waals surface area contributed by atoms with E-state index in [1.807, 2.05) is 0 Å². The first-order chi connectivity index (χ1) is 9.70. The predicted molar refractivity (Wildman–Crippen MR) is 78.2 cm³/mol. The number of hydrogen-bond donors (Lipinski definition) is 3. The highest BCUT2D eigenvalue weighted by Crippen LogP contribution is 2.22. The molecule has 0 aliphatic rings. The molecule has 0 saturated heterocycles. The van der Waals surface area contributed by atoms with Crippen LogP contribution in [0.3, 0.4) is 0 Å². The second kappa shape index (κ2) is 7.07. The van der Waals surface area contributed by atoms with E-state index in [1.54, 1.807) is 13.0 Å². The third-order valence-corrected chi connectivity index (χ3v) is 3.77. The first-order valence-corrected chi connectivity index (χ1v) is 8.16. The maximum absolute atomic E-state index is 11.7. The summed E-state index contributed by atoms with van der Waals surface area (Å²) in [6, 6.07) is 4.11. The van der Waals surface area contributed by atoms with Gasteiger partial charge in [0.1, 0.15) is 0 Å². The summed E-state index contributed by atoms with van der Waals surface area (Å²) in [4.78, 5) is 22.0. The Kier molecular flexibility index (Phi) is 5.71. The molecule has 0 aliphatic heterocycles. The van der Waals surface area contributed by atoms with Gasteiger partial charge in [0.25, 0.3) is 0 Å². The van der Waals surface area contributed by atoms with Gasteiger partial charge in [0, 0.05) is 19.2 Å². The highest BCUT2D eigenvalue weighted by Gasteiger charge is 2.15. The molecule has 2 amide bonds. The lowest BCUT2D eigenvalue weighted by atomic mass is 10.2. The van der Waals surface area contributed by atoms with Crippen molar-refractivity contribution < 1.29 is 23.1 Å². The first-order valence-electron chi connectivity index (χ1n) is 6.27. The maximum Gasteiger partial charge on any atom is 0.319 e. The van der Waals surface area contributed by atoms with Gasteiger partial charge in [0.05, 0.1) is 10.6 Å². The minimum Gasteiger partial charge on any atom is -0.481 e. The van der Waals surface area contributed by atoms with Crippen LogP contribution in [0.1, 0.15) is 18.4 Å². The fraction of sp³-hybridized carbons (Fsp3) is 0.385. The van der Waals surface area contributed by atoms with Crippen LogP contribution in [0.15, 0.2) is 23.1 Å². The fourth-order valence-corrected chi connectivity index (χ4v) is 2.57. The molecule has 0 aromatic heterocycles. The molecular formula is C13H18N2O5S. The summed E-state index contributed by atoms with van der Waals surface area (Å²) in [6.45, 7) is 1.95. The SMILES string of the molecule is Cc1ccc(NC(=O)NCCCC(=O)O)c(S(C)(=O)=O)c1. The molecule has 3 N–H and O–H groups in total. The number of aliphatic carboxylic acids is 1. The molecule has 7 nitrogen and oxygen atoms in total. The molecule has 1 rings (SSSR count). The summed E-state index contributed by atoms with van der Waals surface area (Å²) in [5.41, 5.74) is 0.960. The Morgan fingerprint density at radius 1 is 1.29 bits per heavy atom. The smallest absolute Gasteiger partial charge is 0.319 e. The van der Waals surface area contributed by atoms with Gasteiger partial charge in [-0.05, 0) is 31.0 Å². The van der Waals surface area contributed by atoms with Crippen LogP contribution in [0, 0.1) is 6.92 Å². The van der Waals surface area contributed by atoms with E-state index >= 15 is 0 Å². The third kappa shape index (κ3) is 5.82. The number of anilines is 1. The molecule has 1 aromatic rings. The van der Waals surface area contributed by atoms with Crippen molar-refractivity contribution in [2.75, 3.05) is 18.1 Å². The monoisotopic (exact) mass is 314 g/mol. The number of carbonyl (C=O) groups excluding carboxylic acids is 1. The number of benzene rings is 1. The predicted octanol–water partition coefficient (Wildman–Crippen LogP) is 1.38. The van der Waals surface area contributed by atoms with Crippen molar-refractivity contribution in [3.63, 3.8) is 0 Å². The van der Waals surface area contributed by atoms with Gasteiger partial charge in [-0.25, -0.2) is 13.2 Å². The number of rotatable bonds is 6. The second-order valence-corrected chi connectivity index (χ2v) is 6.63. The fourth-order valence-electron chi connectivity index (χ4n) is 1.65. The zero-order chi connectivity index (χ0) is 16.0. The van der Waals surface area contributed by atoms with E-state index in [-0.39, 0.29) is 23.5 Å². The highest BCUT2D eigenvalue weighted by molar-refractivity contribution is 7.90. The average Bonchev–Trinajstić information content (AvgIpc) is 2.35. The van der Waals surface area contributed by atoms with E-state index in [1.165, 1.54) is 12.1 Å². The number of carboxylic acids is 1. The first kappa shape index (κ1) is 17.0. The number of nitrogens with one attached hydrogen (secondary N) is 2. The Morgan fingerprint density at radius 3 is 2.52 bits per heavy atom. The zero-order valence-corrected chi connectivity index (χ0v) is 12.7. The molecule has 0 unspecified atom stereocenters. The van der Waals surface area contributed by atoms with E-state index in [4.69, 9.17) is 5.11 Å². The zero-order valence-electron chi connectivity index (χ0n) is 11.8. The van der Waals surface area contributed by atoms with Crippen LogP contribution in [0.5, 0.6) is 0 Å². The van der Waals surface area contributed by atoms with Crippen LogP contribution in [0.25, 0.3) is 0 Å². The molecule has 0 spiro atoms. The van der Waals surface area contributed by atoms with Crippen LogP contribution in [0.4, 0.5) is 10.5 Å². The molecule has 1 aromatic carbocycles. The van der Waals surface area contributed by atoms with Crippen molar-refractivity contribution >= 4 is 27.5 Å². The van der Waals surface area contributed by atoms with Crippen LogP contribution >= 0.6 is 0 Å². The molecule has 0 radical (unpaired) electrons. The minimum atomic E-state index is -3.46. The second-order valence-electron chi connectivity index (χ2n) is 4.65. The minimum absolute atomic E-state index is 0.0423. The highest BCUT2D eigenvalue weighted by atomic mass is 32.2. The summed E-state index contributed by atoms with van der Waals surface area (Å²) in [5, 5.41) is 13.4. The van der Waals surface area contributed by atoms with Gasteiger partial charge >= 0.3 is 12.0 Å². The normalized spacial score (nSPS) is 11.0. The molecule has 21 heavy (non-hydrogen) atoms. The summed E-state index contributed by atoms with van der Waals surface area (Å²) in [7, 11) is -3.46. The topological polar surface area (TPSA) is 113 Å². The van der Waals surface area contributed by atoms with Crippen LogP contribution in [-0.4, -0.2) is 38.3 Å². The van der Waals surface area contributed by atoms with E-state index < -0.39 is 21.8 Å². The Hall–Kier alpha value is -2.09. The van der Waals surface area contributed by atoms with Crippen molar-refractivity contribution in [2.45, 2.75) is 24.7 Å². The van der Waals surface area contributed by atoms with Gasteiger partial charge in [0.15, 0.2) is 9.84 Å². The van der Waals surface area contributed by atoms with E-state index in [0.717, 1.165) is 11.8 Å². The van der Waals surface area contributed by atoms with Gasteiger partial charge in [-0.2, -0.15) is 0 Å². The molecular weight excluding hydrogens is 296 g/mol. The van der Waals surface area contributed by atoms with Gasteiger partial charge in [0.2, 0.25) is 0 Å². The average molecular weight is 314 g/mol. The molecule has 0 fully saturated rings. The van der Waals surface area contributed by atoms with Crippen molar-refractivity contribution in [1.82, 2.24) is 5.32 Å². The molecule has 0 atom stereocenters. The number of hydrogen-bond acceptors (Lipinski definition) is 4. The number of amides is 2. The molecule has 0 aliphatic carbocycles. The van der Waals surface area contributed by atoms with Crippen molar-refractivity contribution in [3.8, 4) is 0 Å². The Labute approximate surface area is 123 Å². The molecule has 0 saturated carbocycles. The van der Waals surface area contributed by atoms with Gasteiger partial charge < -0.3 is 15.7 Å². The third-order valence-electron chi connectivity index (χ3n) is 2.64.